The molecule has 0 amide bonds. The van der Waals surface area contributed by atoms with Gasteiger partial charge in [0.15, 0.2) is 0 Å². The molecule has 0 saturated heterocycles. The summed E-state index contributed by atoms with van der Waals surface area (Å²) in [4.78, 5) is 8.69. The lowest BCUT2D eigenvalue weighted by Crippen LogP contribution is -2.26. The maximum absolute atomic E-state index is 5.71. The summed E-state index contributed by atoms with van der Waals surface area (Å²) in [6, 6.07) is 0. The van der Waals surface area contributed by atoms with Crippen LogP contribution in [0.1, 0.15) is 35.7 Å². The SMILES string of the molecule is Nc1nc2c(c(C3CC3)n1)CNCC2. The Bertz CT molecular complexity index is 371. The number of fused-ring (bicyclic) bond motifs is 1. The highest BCUT2D eigenvalue weighted by atomic mass is 15.0. The molecule has 74 valence electrons. The summed E-state index contributed by atoms with van der Waals surface area (Å²) in [6.45, 7) is 1.93. The number of aromatic nitrogens is 2. The first-order valence-electron chi connectivity index (χ1n) is 5.20. The Labute approximate surface area is 82.9 Å². The van der Waals surface area contributed by atoms with Gasteiger partial charge in [-0.1, -0.05) is 0 Å². The van der Waals surface area contributed by atoms with Gasteiger partial charge < -0.3 is 11.1 Å². The molecule has 0 aromatic carbocycles. The summed E-state index contributed by atoms with van der Waals surface area (Å²) in [7, 11) is 0. The molecule has 3 rings (SSSR count). The molecule has 1 aromatic rings. The van der Waals surface area contributed by atoms with Crippen LogP contribution < -0.4 is 11.1 Å². The minimum atomic E-state index is 0.451. The third kappa shape index (κ3) is 1.26. The molecule has 1 fully saturated rings. The second-order valence-corrected chi connectivity index (χ2v) is 4.09. The second-order valence-electron chi connectivity index (χ2n) is 4.09. The Morgan fingerprint density at radius 3 is 2.93 bits per heavy atom. The highest BCUT2D eigenvalue weighted by molar-refractivity contribution is 5.37. The molecule has 0 radical (unpaired) electrons. The van der Waals surface area contributed by atoms with Crippen molar-refractivity contribution in [2.75, 3.05) is 12.3 Å². The van der Waals surface area contributed by atoms with E-state index < -0.39 is 0 Å². The fraction of sp³-hybridized carbons (Fsp3) is 0.600. The van der Waals surface area contributed by atoms with Gasteiger partial charge in [0, 0.05) is 31.0 Å². The zero-order chi connectivity index (χ0) is 9.54. The van der Waals surface area contributed by atoms with E-state index in [1.54, 1.807) is 0 Å². The van der Waals surface area contributed by atoms with Crippen LogP contribution in [0, 0.1) is 0 Å². The van der Waals surface area contributed by atoms with Crippen LogP contribution >= 0.6 is 0 Å². The van der Waals surface area contributed by atoms with E-state index >= 15 is 0 Å². The zero-order valence-corrected chi connectivity index (χ0v) is 8.08. The second kappa shape index (κ2) is 2.92. The third-order valence-electron chi connectivity index (χ3n) is 2.95. The molecule has 2 heterocycles. The zero-order valence-electron chi connectivity index (χ0n) is 8.08. The normalized spacial score (nSPS) is 20.6. The van der Waals surface area contributed by atoms with Gasteiger partial charge in [-0.05, 0) is 12.8 Å². The first-order valence-corrected chi connectivity index (χ1v) is 5.20. The Morgan fingerprint density at radius 2 is 2.14 bits per heavy atom. The molecule has 14 heavy (non-hydrogen) atoms. The lowest BCUT2D eigenvalue weighted by atomic mass is 10.0. The van der Waals surface area contributed by atoms with Crippen LogP contribution in [0.15, 0.2) is 0 Å². The molecule has 0 unspecified atom stereocenters. The average molecular weight is 190 g/mol. The Kier molecular flexibility index (Phi) is 1.70. The maximum atomic E-state index is 5.71. The average Bonchev–Trinajstić information content (AvgIpc) is 2.99. The first-order chi connectivity index (χ1) is 6.84. The highest BCUT2D eigenvalue weighted by Crippen LogP contribution is 2.41. The number of hydrogen-bond acceptors (Lipinski definition) is 4. The van der Waals surface area contributed by atoms with Gasteiger partial charge in [0.05, 0.1) is 11.4 Å². The quantitative estimate of drug-likeness (QED) is 0.680. The molecule has 0 bridgehead atoms. The molecule has 2 aliphatic rings. The summed E-state index contributed by atoms with van der Waals surface area (Å²) in [5, 5.41) is 3.36. The van der Waals surface area contributed by atoms with E-state index in [4.69, 9.17) is 5.73 Å². The lowest BCUT2D eigenvalue weighted by Gasteiger charge is -2.19. The van der Waals surface area contributed by atoms with Crippen molar-refractivity contribution >= 4 is 5.95 Å². The molecule has 0 spiro atoms. The van der Waals surface area contributed by atoms with Crippen LogP contribution in [-0.4, -0.2) is 16.5 Å². The van der Waals surface area contributed by atoms with Gasteiger partial charge >= 0.3 is 0 Å². The summed E-state index contributed by atoms with van der Waals surface area (Å²) < 4.78 is 0. The van der Waals surface area contributed by atoms with Crippen molar-refractivity contribution in [2.45, 2.75) is 31.7 Å². The molecule has 3 N–H and O–H groups in total. The van der Waals surface area contributed by atoms with Gasteiger partial charge in [0.1, 0.15) is 0 Å². The Hall–Kier alpha value is -1.16. The Morgan fingerprint density at radius 1 is 1.29 bits per heavy atom. The van der Waals surface area contributed by atoms with Crippen molar-refractivity contribution in [2.24, 2.45) is 0 Å². The molecule has 4 heteroatoms. The fourth-order valence-corrected chi connectivity index (χ4v) is 2.08. The molecule has 0 atom stereocenters. The molecular weight excluding hydrogens is 176 g/mol. The number of nitrogens with two attached hydrogens (primary N) is 1. The number of anilines is 1. The monoisotopic (exact) mass is 190 g/mol. The number of hydrogen-bond donors (Lipinski definition) is 2. The molecule has 1 aliphatic heterocycles. The van der Waals surface area contributed by atoms with E-state index in [9.17, 15) is 0 Å². The number of nitrogen functional groups attached to an aromatic ring is 1. The predicted molar refractivity (Wildman–Crippen MR) is 53.8 cm³/mol. The molecule has 1 aromatic heterocycles. The number of rotatable bonds is 1. The summed E-state index contributed by atoms with van der Waals surface area (Å²) in [6.07, 6.45) is 3.52. The molecule has 1 aliphatic carbocycles. The summed E-state index contributed by atoms with van der Waals surface area (Å²) >= 11 is 0. The third-order valence-corrected chi connectivity index (χ3v) is 2.95. The minimum Gasteiger partial charge on any atom is -0.368 e. The van der Waals surface area contributed by atoms with E-state index in [1.165, 1.54) is 24.1 Å². The van der Waals surface area contributed by atoms with Crippen molar-refractivity contribution in [3.05, 3.63) is 17.0 Å². The standard InChI is InChI=1S/C10H14N4/c11-10-13-8-3-4-12-5-7(8)9(14-10)6-1-2-6/h6,12H,1-5H2,(H2,11,13,14). The van der Waals surface area contributed by atoms with Gasteiger partial charge in [0.2, 0.25) is 5.95 Å². The van der Waals surface area contributed by atoms with Gasteiger partial charge in [0.25, 0.3) is 0 Å². The van der Waals surface area contributed by atoms with Crippen LogP contribution in [-0.2, 0) is 13.0 Å². The maximum Gasteiger partial charge on any atom is 0.220 e. The van der Waals surface area contributed by atoms with Crippen molar-refractivity contribution in [3.8, 4) is 0 Å². The van der Waals surface area contributed by atoms with Crippen LogP contribution in [0.2, 0.25) is 0 Å². The van der Waals surface area contributed by atoms with Crippen LogP contribution in [0.25, 0.3) is 0 Å². The van der Waals surface area contributed by atoms with Gasteiger partial charge in [-0.15, -0.1) is 0 Å². The number of nitrogens with zero attached hydrogens (tertiary/aromatic N) is 2. The molecular formula is C10H14N4. The van der Waals surface area contributed by atoms with Crippen LogP contribution in [0.3, 0.4) is 0 Å². The first kappa shape index (κ1) is 8.17. The summed E-state index contributed by atoms with van der Waals surface area (Å²) in [5.74, 6) is 1.11. The highest BCUT2D eigenvalue weighted by Gasteiger charge is 2.30. The van der Waals surface area contributed by atoms with Gasteiger partial charge in [-0.25, -0.2) is 9.97 Å². The fourth-order valence-electron chi connectivity index (χ4n) is 2.08. The van der Waals surface area contributed by atoms with E-state index in [2.05, 4.69) is 15.3 Å². The van der Waals surface area contributed by atoms with Crippen LogP contribution in [0.4, 0.5) is 5.95 Å². The predicted octanol–water partition coefficient (Wildman–Crippen LogP) is 0.582. The molecule has 4 nitrogen and oxygen atoms in total. The van der Waals surface area contributed by atoms with E-state index in [1.807, 2.05) is 0 Å². The van der Waals surface area contributed by atoms with Gasteiger partial charge in [-0.3, -0.25) is 0 Å². The number of nitrogens with one attached hydrogen (secondary N) is 1. The smallest absolute Gasteiger partial charge is 0.220 e. The van der Waals surface area contributed by atoms with Crippen molar-refractivity contribution in [1.82, 2.24) is 15.3 Å². The van der Waals surface area contributed by atoms with E-state index in [0.29, 0.717) is 11.9 Å². The van der Waals surface area contributed by atoms with Crippen LogP contribution in [0.5, 0.6) is 0 Å². The van der Waals surface area contributed by atoms with E-state index in [-0.39, 0.29) is 0 Å². The van der Waals surface area contributed by atoms with Crippen molar-refractivity contribution in [1.29, 1.82) is 0 Å². The topological polar surface area (TPSA) is 63.8 Å². The summed E-state index contributed by atoms with van der Waals surface area (Å²) in [5.41, 5.74) is 9.39. The largest absolute Gasteiger partial charge is 0.368 e. The van der Waals surface area contributed by atoms with E-state index in [0.717, 1.165) is 25.2 Å². The minimum absolute atomic E-state index is 0.451. The molecule has 1 saturated carbocycles. The lowest BCUT2D eigenvalue weighted by molar-refractivity contribution is 0.618. The van der Waals surface area contributed by atoms with Gasteiger partial charge in [-0.2, -0.15) is 0 Å². The van der Waals surface area contributed by atoms with Crippen molar-refractivity contribution in [3.63, 3.8) is 0 Å². The Balaban J connectivity index is 2.12. The van der Waals surface area contributed by atoms with Crippen molar-refractivity contribution < 1.29 is 0 Å².